The molecule has 0 saturated heterocycles. The number of sulfone groups is 1. The van der Waals surface area contributed by atoms with E-state index in [-0.39, 0.29) is 4.90 Å². The third-order valence-corrected chi connectivity index (χ3v) is 5.06. The smallest absolute Gasteiger partial charge is 0.241 e. The molecule has 0 aliphatic carbocycles. The summed E-state index contributed by atoms with van der Waals surface area (Å²) >= 11 is 0. The summed E-state index contributed by atoms with van der Waals surface area (Å²) in [6.07, 6.45) is 0.941. The highest BCUT2D eigenvalue weighted by molar-refractivity contribution is 7.90. The molecule has 5 nitrogen and oxygen atoms in total. The van der Waals surface area contributed by atoms with Gasteiger partial charge in [-0.1, -0.05) is 35.9 Å². The minimum absolute atomic E-state index is 0.369. The molecular weight excluding hydrogens is 343 g/mol. The molecule has 3 N–H and O–H groups in total. The van der Waals surface area contributed by atoms with Gasteiger partial charge in [-0.3, -0.25) is 4.79 Å². The number of hydrogen-bond acceptors (Lipinski definition) is 4. The van der Waals surface area contributed by atoms with E-state index in [9.17, 15) is 17.6 Å². The number of amides is 1. The summed E-state index contributed by atoms with van der Waals surface area (Å²) in [5.74, 6) is -1.24. The van der Waals surface area contributed by atoms with Crippen molar-refractivity contribution in [3.05, 3.63) is 65.0 Å². The van der Waals surface area contributed by atoms with Crippen LogP contribution < -0.4 is 11.1 Å². The van der Waals surface area contributed by atoms with Crippen LogP contribution in [0.15, 0.2) is 47.4 Å². The highest BCUT2D eigenvalue weighted by atomic mass is 32.2. The quantitative estimate of drug-likeness (QED) is 0.853. The zero-order valence-electron chi connectivity index (χ0n) is 14.3. The SMILES string of the molecule is Cc1ccc(C(N)C(=O)NC(C)c2ccc(S(C)(=O)=O)c(F)c2)cc1. The summed E-state index contributed by atoms with van der Waals surface area (Å²) in [4.78, 5) is 11.9. The van der Waals surface area contributed by atoms with Crippen LogP contribution in [0.25, 0.3) is 0 Å². The molecule has 7 heteroatoms. The summed E-state index contributed by atoms with van der Waals surface area (Å²) in [6.45, 7) is 3.61. The predicted octanol–water partition coefficient (Wildman–Crippen LogP) is 2.41. The number of nitrogens with one attached hydrogen (secondary N) is 1. The van der Waals surface area contributed by atoms with Crippen molar-refractivity contribution >= 4 is 15.7 Å². The van der Waals surface area contributed by atoms with E-state index in [0.29, 0.717) is 11.1 Å². The number of benzene rings is 2. The van der Waals surface area contributed by atoms with Crippen molar-refractivity contribution in [2.45, 2.75) is 30.8 Å². The van der Waals surface area contributed by atoms with E-state index in [2.05, 4.69) is 5.32 Å². The Bertz CT molecular complexity index is 880. The van der Waals surface area contributed by atoms with Crippen LogP contribution in [0.2, 0.25) is 0 Å². The Morgan fingerprint density at radius 3 is 2.20 bits per heavy atom. The number of hydrogen-bond donors (Lipinski definition) is 2. The Kier molecular flexibility index (Phi) is 5.59. The van der Waals surface area contributed by atoms with Gasteiger partial charge in [0.25, 0.3) is 0 Å². The van der Waals surface area contributed by atoms with Crippen molar-refractivity contribution in [2.75, 3.05) is 6.26 Å². The van der Waals surface area contributed by atoms with Crippen LogP contribution in [0.4, 0.5) is 4.39 Å². The van der Waals surface area contributed by atoms with Crippen LogP contribution in [0, 0.1) is 12.7 Å². The number of halogens is 1. The molecule has 2 aromatic rings. The fourth-order valence-corrected chi connectivity index (χ4v) is 3.13. The van der Waals surface area contributed by atoms with Gasteiger partial charge < -0.3 is 11.1 Å². The zero-order valence-corrected chi connectivity index (χ0v) is 15.1. The number of aryl methyl sites for hydroxylation is 1. The second kappa shape index (κ2) is 7.33. The lowest BCUT2D eigenvalue weighted by Crippen LogP contribution is -2.35. The molecule has 0 heterocycles. The number of nitrogens with two attached hydrogens (primary N) is 1. The Hall–Kier alpha value is -2.25. The topological polar surface area (TPSA) is 89.3 Å². The molecule has 1 amide bonds. The van der Waals surface area contributed by atoms with Crippen molar-refractivity contribution in [1.82, 2.24) is 5.32 Å². The molecule has 0 saturated carbocycles. The first-order valence-electron chi connectivity index (χ1n) is 7.71. The number of carbonyl (C=O) groups excluding carboxylic acids is 1. The predicted molar refractivity (Wildman–Crippen MR) is 94.2 cm³/mol. The second-order valence-electron chi connectivity index (χ2n) is 6.08. The van der Waals surface area contributed by atoms with Crippen LogP contribution in [0.5, 0.6) is 0 Å². The monoisotopic (exact) mass is 364 g/mol. The lowest BCUT2D eigenvalue weighted by atomic mass is 10.0. The zero-order chi connectivity index (χ0) is 18.8. The second-order valence-corrected chi connectivity index (χ2v) is 8.06. The molecule has 2 unspecified atom stereocenters. The minimum Gasteiger partial charge on any atom is -0.348 e. The molecule has 25 heavy (non-hydrogen) atoms. The maximum atomic E-state index is 14.0. The first kappa shape index (κ1) is 19.1. The first-order chi connectivity index (χ1) is 11.6. The van der Waals surface area contributed by atoms with Gasteiger partial charge in [0.05, 0.1) is 6.04 Å². The van der Waals surface area contributed by atoms with Crippen LogP contribution in [0.3, 0.4) is 0 Å². The molecule has 0 aromatic heterocycles. The standard InChI is InChI=1S/C18H21FN2O3S/c1-11-4-6-13(7-5-11)17(20)18(22)21-12(2)14-8-9-16(15(19)10-14)25(3,23)24/h4-10,12,17H,20H2,1-3H3,(H,21,22). The van der Waals surface area contributed by atoms with Gasteiger partial charge in [0, 0.05) is 6.26 Å². The third-order valence-electron chi connectivity index (χ3n) is 3.93. The maximum Gasteiger partial charge on any atom is 0.241 e. The summed E-state index contributed by atoms with van der Waals surface area (Å²) in [6, 6.07) is 9.71. The molecular formula is C18H21FN2O3S. The average Bonchev–Trinajstić information content (AvgIpc) is 2.53. The van der Waals surface area contributed by atoms with E-state index >= 15 is 0 Å². The summed E-state index contributed by atoms with van der Waals surface area (Å²) in [7, 11) is -3.63. The highest BCUT2D eigenvalue weighted by Gasteiger charge is 2.20. The van der Waals surface area contributed by atoms with E-state index in [1.165, 1.54) is 12.1 Å². The van der Waals surface area contributed by atoms with E-state index in [1.54, 1.807) is 19.1 Å². The Morgan fingerprint density at radius 1 is 1.12 bits per heavy atom. The van der Waals surface area contributed by atoms with E-state index in [4.69, 9.17) is 5.73 Å². The van der Waals surface area contributed by atoms with Crippen molar-refractivity contribution in [3.8, 4) is 0 Å². The third kappa shape index (κ3) is 4.64. The molecule has 0 fully saturated rings. The Labute approximate surface area is 147 Å². The normalized spacial score (nSPS) is 14.0. The van der Waals surface area contributed by atoms with Crippen molar-refractivity contribution in [2.24, 2.45) is 5.73 Å². The number of rotatable bonds is 5. The molecule has 2 aromatic carbocycles. The molecule has 0 spiro atoms. The van der Waals surface area contributed by atoms with Crippen molar-refractivity contribution < 1.29 is 17.6 Å². The molecule has 0 bridgehead atoms. The van der Waals surface area contributed by atoms with Gasteiger partial charge in [-0.25, -0.2) is 12.8 Å². The summed E-state index contributed by atoms with van der Waals surface area (Å²) in [5, 5.41) is 2.71. The maximum absolute atomic E-state index is 14.0. The minimum atomic E-state index is -3.63. The summed E-state index contributed by atoms with van der Waals surface area (Å²) in [5.41, 5.74) is 8.15. The van der Waals surface area contributed by atoms with Gasteiger partial charge in [0.2, 0.25) is 5.91 Å². The largest absolute Gasteiger partial charge is 0.348 e. The van der Waals surface area contributed by atoms with Gasteiger partial charge in [-0.05, 0) is 37.1 Å². The number of carbonyl (C=O) groups is 1. The van der Waals surface area contributed by atoms with E-state index in [1.807, 2.05) is 19.1 Å². The molecule has 2 rings (SSSR count). The van der Waals surface area contributed by atoms with Gasteiger partial charge in [0.15, 0.2) is 9.84 Å². The van der Waals surface area contributed by atoms with Crippen LogP contribution >= 0.6 is 0 Å². The Balaban J connectivity index is 2.13. The molecule has 134 valence electrons. The lowest BCUT2D eigenvalue weighted by molar-refractivity contribution is -0.123. The fraction of sp³-hybridized carbons (Fsp3) is 0.278. The molecule has 0 aliphatic rings. The van der Waals surface area contributed by atoms with Gasteiger partial charge >= 0.3 is 0 Å². The van der Waals surface area contributed by atoms with Crippen molar-refractivity contribution in [3.63, 3.8) is 0 Å². The Morgan fingerprint density at radius 2 is 1.68 bits per heavy atom. The van der Waals surface area contributed by atoms with Crippen LogP contribution in [-0.2, 0) is 14.6 Å². The summed E-state index contributed by atoms with van der Waals surface area (Å²) < 4.78 is 36.9. The van der Waals surface area contributed by atoms with E-state index < -0.39 is 33.6 Å². The average molecular weight is 364 g/mol. The van der Waals surface area contributed by atoms with Gasteiger partial charge in [-0.15, -0.1) is 0 Å². The first-order valence-corrected chi connectivity index (χ1v) is 9.61. The van der Waals surface area contributed by atoms with Crippen LogP contribution in [0.1, 0.15) is 35.7 Å². The van der Waals surface area contributed by atoms with Crippen molar-refractivity contribution in [1.29, 1.82) is 0 Å². The fourth-order valence-electron chi connectivity index (χ4n) is 2.40. The van der Waals surface area contributed by atoms with Crippen LogP contribution in [-0.4, -0.2) is 20.6 Å². The van der Waals surface area contributed by atoms with E-state index in [0.717, 1.165) is 17.9 Å². The highest BCUT2D eigenvalue weighted by Crippen LogP contribution is 2.21. The van der Waals surface area contributed by atoms with Gasteiger partial charge in [-0.2, -0.15) is 0 Å². The lowest BCUT2D eigenvalue weighted by Gasteiger charge is -2.18. The molecule has 2 atom stereocenters. The molecule has 0 radical (unpaired) electrons. The van der Waals surface area contributed by atoms with Gasteiger partial charge in [0.1, 0.15) is 16.8 Å². The molecule has 0 aliphatic heterocycles.